The second-order valence-electron chi connectivity index (χ2n) is 6.09. The zero-order valence-corrected chi connectivity index (χ0v) is 17.9. The summed E-state index contributed by atoms with van der Waals surface area (Å²) in [7, 11) is -1.55. The molecule has 2 heterocycles. The predicted molar refractivity (Wildman–Crippen MR) is 107 cm³/mol. The van der Waals surface area contributed by atoms with Gasteiger partial charge in [0, 0.05) is 10.7 Å². The molecule has 1 fully saturated rings. The quantitative estimate of drug-likeness (QED) is 0.433. The molecule has 0 aromatic heterocycles. The van der Waals surface area contributed by atoms with Gasteiger partial charge >= 0.3 is 5.97 Å². The third-order valence-electron chi connectivity index (χ3n) is 4.51. The highest BCUT2D eigenvalue weighted by Crippen LogP contribution is 2.39. The van der Waals surface area contributed by atoms with Gasteiger partial charge in [-0.3, -0.25) is 18.7 Å². The van der Waals surface area contributed by atoms with E-state index in [0.29, 0.717) is 10.9 Å². The van der Waals surface area contributed by atoms with Crippen molar-refractivity contribution in [3.63, 3.8) is 0 Å². The molecule has 10 heteroatoms. The molecule has 1 aromatic carbocycles. The number of amides is 2. The maximum absolute atomic E-state index is 12.9. The SMILES string of the molecule is O=C(Cc1ccccc1)N[C@@H]1C(=O)N2C(C(=O)O)=C(CBr)C(CBr)S(=O)[C@H]12. The summed E-state index contributed by atoms with van der Waals surface area (Å²) in [6.07, 6.45) is 0.0835. The zero-order chi connectivity index (χ0) is 19.7. The molecule has 2 amide bonds. The number of nitrogens with zero attached hydrogens (tertiary/aromatic N) is 1. The van der Waals surface area contributed by atoms with Gasteiger partial charge in [0.05, 0.1) is 22.5 Å². The Labute approximate surface area is 174 Å². The van der Waals surface area contributed by atoms with Crippen LogP contribution in [-0.4, -0.2) is 59.3 Å². The van der Waals surface area contributed by atoms with Crippen LogP contribution in [0.3, 0.4) is 0 Å². The lowest BCUT2D eigenvalue weighted by Crippen LogP contribution is -2.74. The number of carbonyl (C=O) groups is 3. The molecule has 0 bridgehead atoms. The number of hydrogen-bond donors (Lipinski definition) is 2. The third-order valence-corrected chi connectivity index (χ3v) is 8.16. The highest BCUT2D eigenvalue weighted by molar-refractivity contribution is 9.09. The zero-order valence-electron chi connectivity index (χ0n) is 13.9. The topological polar surface area (TPSA) is 104 Å². The summed E-state index contributed by atoms with van der Waals surface area (Å²) in [5.74, 6) is -2.18. The van der Waals surface area contributed by atoms with Crippen LogP contribution in [0.15, 0.2) is 41.6 Å². The first-order valence-electron chi connectivity index (χ1n) is 8.04. The van der Waals surface area contributed by atoms with Gasteiger partial charge in [-0.15, -0.1) is 0 Å². The van der Waals surface area contributed by atoms with E-state index in [0.717, 1.165) is 10.5 Å². The van der Waals surface area contributed by atoms with Gasteiger partial charge in [-0.1, -0.05) is 62.2 Å². The van der Waals surface area contributed by atoms with E-state index in [2.05, 4.69) is 37.2 Å². The summed E-state index contributed by atoms with van der Waals surface area (Å²) in [5.41, 5.74) is 1.03. The molecule has 0 spiro atoms. The average molecular weight is 520 g/mol. The number of carboxylic acids is 1. The molecule has 1 aromatic rings. The number of halogens is 2. The normalized spacial score (nSPS) is 27.0. The fourth-order valence-corrected chi connectivity index (χ4v) is 7.09. The molecule has 3 rings (SSSR count). The minimum atomic E-state index is -1.55. The first-order valence-corrected chi connectivity index (χ1v) is 11.6. The Balaban J connectivity index is 1.83. The number of fused-ring (bicyclic) bond motifs is 1. The van der Waals surface area contributed by atoms with E-state index in [1.54, 1.807) is 24.3 Å². The van der Waals surface area contributed by atoms with Gasteiger partial charge < -0.3 is 10.4 Å². The summed E-state index contributed by atoms with van der Waals surface area (Å²) in [6, 6.07) is 8.04. The largest absolute Gasteiger partial charge is 0.477 e. The second-order valence-corrected chi connectivity index (χ2v) is 9.01. The summed E-state index contributed by atoms with van der Waals surface area (Å²) >= 11 is 6.51. The lowest BCUT2D eigenvalue weighted by molar-refractivity contribution is -0.151. The Morgan fingerprint density at radius 1 is 1.22 bits per heavy atom. The molecule has 2 N–H and O–H groups in total. The number of carbonyl (C=O) groups excluding carboxylic acids is 2. The van der Waals surface area contributed by atoms with Crippen LogP contribution < -0.4 is 5.32 Å². The smallest absolute Gasteiger partial charge is 0.352 e. The van der Waals surface area contributed by atoms with Crippen molar-refractivity contribution in [3.8, 4) is 0 Å². The molecule has 1 saturated heterocycles. The Bertz CT molecular complexity index is 845. The number of carboxylic acid groups (broad SMARTS) is 1. The summed E-state index contributed by atoms with van der Waals surface area (Å²) in [6.45, 7) is 0. The molecule has 2 aliphatic heterocycles. The van der Waals surface area contributed by atoms with Gasteiger partial charge in [-0.05, 0) is 11.1 Å². The van der Waals surface area contributed by atoms with Gasteiger partial charge in [0.25, 0.3) is 5.91 Å². The number of rotatable bonds is 6. The van der Waals surface area contributed by atoms with Crippen molar-refractivity contribution in [2.45, 2.75) is 23.1 Å². The standard InChI is InChI=1S/C17H16Br2N2O5S/c18-7-10-11(8-19)27(26)16-13(15(23)21(16)14(10)17(24)25)20-12(22)6-9-4-2-1-3-5-9/h1-5,11,13,16H,6-8H2,(H,20,22)(H,24,25)/t11?,13-,16-,27?/m1/s1. The molecule has 0 radical (unpaired) electrons. The van der Waals surface area contributed by atoms with Crippen molar-refractivity contribution in [2.75, 3.05) is 10.7 Å². The van der Waals surface area contributed by atoms with Gasteiger partial charge in [0.15, 0.2) is 0 Å². The summed E-state index contributed by atoms with van der Waals surface area (Å²) < 4.78 is 12.9. The lowest BCUT2D eigenvalue weighted by atomic mass is 10.0. The maximum atomic E-state index is 12.9. The molecule has 2 aliphatic rings. The molecular weight excluding hydrogens is 504 g/mol. The van der Waals surface area contributed by atoms with Gasteiger partial charge in [0.2, 0.25) is 5.91 Å². The van der Waals surface area contributed by atoms with E-state index in [-0.39, 0.29) is 23.4 Å². The van der Waals surface area contributed by atoms with E-state index in [1.807, 2.05) is 6.07 Å². The number of alkyl halides is 2. The fourth-order valence-electron chi connectivity index (χ4n) is 3.24. The highest BCUT2D eigenvalue weighted by Gasteiger charge is 2.59. The monoisotopic (exact) mass is 518 g/mol. The van der Waals surface area contributed by atoms with Crippen LogP contribution in [0.2, 0.25) is 0 Å². The molecule has 0 saturated carbocycles. The van der Waals surface area contributed by atoms with Gasteiger partial charge in [-0.25, -0.2) is 4.79 Å². The second kappa shape index (κ2) is 8.24. The van der Waals surface area contributed by atoms with E-state index in [4.69, 9.17) is 0 Å². The fraction of sp³-hybridized carbons (Fsp3) is 0.353. The molecule has 2 unspecified atom stereocenters. The Kier molecular flexibility index (Phi) is 6.17. The summed E-state index contributed by atoms with van der Waals surface area (Å²) in [4.78, 5) is 37.6. The van der Waals surface area contributed by atoms with Crippen LogP contribution in [0, 0.1) is 0 Å². The van der Waals surface area contributed by atoms with Crippen LogP contribution in [-0.2, 0) is 31.6 Å². The van der Waals surface area contributed by atoms with Crippen molar-refractivity contribution in [2.24, 2.45) is 0 Å². The Morgan fingerprint density at radius 3 is 2.44 bits per heavy atom. The average Bonchev–Trinajstić information content (AvgIpc) is 2.65. The number of hydrogen-bond acceptors (Lipinski definition) is 4. The van der Waals surface area contributed by atoms with Crippen molar-refractivity contribution in [1.29, 1.82) is 0 Å². The van der Waals surface area contributed by atoms with Gasteiger partial charge in [-0.2, -0.15) is 0 Å². The molecular formula is C17H16Br2N2O5S. The van der Waals surface area contributed by atoms with E-state index in [9.17, 15) is 23.7 Å². The first-order chi connectivity index (χ1) is 12.9. The lowest BCUT2D eigenvalue weighted by Gasteiger charge is -2.50. The predicted octanol–water partition coefficient (Wildman–Crippen LogP) is 1.14. The number of aliphatic carboxylic acids is 1. The van der Waals surface area contributed by atoms with Gasteiger partial charge in [0.1, 0.15) is 17.1 Å². The number of nitrogens with one attached hydrogen (secondary N) is 1. The van der Waals surface area contributed by atoms with Crippen LogP contribution >= 0.6 is 31.9 Å². The van der Waals surface area contributed by atoms with Crippen molar-refractivity contribution in [1.82, 2.24) is 10.2 Å². The first kappa shape index (κ1) is 20.2. The van der Waals surface area contributed by atoms with Crippen LogP contribution in [0.25, 0.3) is 0 Å². The molecule has 4 atom stereocenters. The minimum absolute atomic E-state index is 0.0835. The third kappa shape index (κ3) is 3.62. The maximum Gasteiger partial charge on any atom is 0.352 e. The van der Waals surface area contributed by atoms with Crippen LogP contribution in [0.5, 0.6) is 0 Å². The van der Waals surface area contributed by atoms with E-state index < -0.39 is 39.3 Å². The van der Waals surface area contributed by atoms with E-state index >= 15 is 0 Å². The van der Waals surface area contributed by atoms with Crippen LogP contribution in [0.4, 0.5) is 0 Å². The number of benzene rings is 1. The Morgan fingerprint density at radius 2 is 1.89 bits per heavy atom. The van der Waals surface area contributed by atoms with Crippen molar-refractivity contribution < 1.29 is 23.7 Å². The molecule has 144 valence electrons. The molecule has 0 aliphatic carbocycles. The molecule has 27 heavy (non-hydrogen) atoms. The van der Waals surface area contributed by atoms with Crippen LogP contribution in [0.1, 0.15) is 5.56 Å². The molecule has 7 nitrogen and oxygen atoms in total. The Hall–Kier alpha value is -1.52. The van der Waals surface area contributed by atoms with Crippen molar-refractivity contribution >= 4 is 60.4 Å². The minimum Gasteiger partial charge on any atom is -0.477 e. The van der Waals surface area contributed by atoms with E-state index in [1.165, 1.54) is 0 Å². The van der Waals surface area contributed by atoms with Crippen molar-refractivity contribution in [3.05, 3.63) is 47.2 Å². The number of β-lactam (4-membered cyclic amide) rings is 1. The summed E-state index contributed by atoms with van der Waals surface area (Å²) in [5, 5.41) is 11.2. The highest BCUT2D eigenvalue weighted by atomic mass is 79.9.